The lowest BCUT2D eigenvalue weighted by atomic mass is 10.0. The molecule has 0 spiro atoms. The second-order valence-corrected chi connectivity index (χ2v) is 9.52. The number of benzene rings is 3. The zero-order valence-electron chi connectivity index (χ0n) is 22.3. The molecule has 0 aliphatic carbocycles. The van der Waals surface area contributed by atoms with Crippen LogP contribution in [0.25, 0.3) is 10.9 Å². The van der Waals surface area contributed by atoms with Crippen LogP contribution >= 0.6 is 0 Å². The summed E-state index contributed by atoms with van der Waals surface area (Å²) < 4.78 is 10.8. The van der Waals surface area contributed by atoms with Crippen LogP contribution in [0, 0.1) is 0 Å². The van der Waals surface area contributed by atoms with Gasteiger partial charge >= 0.3 is 0 Å². The molecule has 2 unspecified atom stereocenters. The highest BCUT2D eigenvalue weighted by atomic mass is 16.5. The molecule has 9 nitrogen and oxygen atoms in total. The first-order valence-corrected chi connectivity index (χ1v) is 12.8. The molecule has 1 amide bonds. The maximum absolute atomic E-state index is 12.9. The van der Waals surface area contributed by atoms with Gasteiger partial charge in [-0.05, 0) is 60.9 Å². The molecular weight excluding hydrogens is 498 g/mol. The van der Waals surface area contributed by atoms with Crippen LogP contribution in [-0.2, 0) is 19.6 Å². The number of aromatic hydroxyl groups is 1. The molecule has 0 saturated carbocycles. The number of rotatable bonds is 12. The molecule has 2 atom stereocenters. The SMILES string of the molecule is COc1cccc(CNC(=O)c2cc3cc(CC(C)NCC(O)c4ccc(O)c(CO)c4)ccc3[nH]2)c1OC. The van der Waals surface area contributed by atoms with Crippen molar-refractivity contribution in [1.82, 2.24) is 15.6 Å². The number of fused-ring (bicyclic) bond motifs is 1. The number of hydrogen-bond acceptors (Lipinski definition) is 7. The summed E-state index contributed by atoms with van der Waals surface area (Å²) in [6.07, 6.45) is -0.0498. The molecule has 4 rings (SSSR count). The quantitative estimate of drug-likeness (QED) is 0.164. The van der Waals surface area contributed by atoms with E-state index in [1.807, 2.05) is 37.3 Å². The smallest absolute Gasteiger partial charge is 0.267 e. The highest BCUT2D eigenvalue weighted by molar-refractivity contribution is 5.98. The number of aliphatic hydroxyl groups is 2. The van der Waals surface area contributed by atoms with E-state index in [2.05, 4.69) is 21.7 Å². The Morgan fingerprint density at radius 2 is 1.85 bits per heavy atom. The standard InChI is InChI=1S/C30H35N3O6/c1-18(31-16-27(36)20-8-10-26(35)23(13-20)17-34)11-19-7-9-24-22(12-19)14-25(33-24)30(37)32-15-21-5-4-6-28(38-2)29(21)39-3/h4-10,12-14,18,27,31,33-36H,11,15-17H2,1-3H3,(H,32,37). The van der Waals surface area contributed by atoms with Crippen LogP contribution in [0.15, 0.2) is 60.7 Å². The summed E-state index contributed by atoms with van der Waals surface area (Å²) in [4.78, 5) is 16.0. The van der Waals surface area contributed by atoms with Crippen molar-refractivity contribution in [3.63, 3.8) is 0 Å². The number of methoxy groups -OCH3 is 2. The predicted molar refractivity (Wildman–Crippen MR) is 149 cm³/mol. The fourth-order valence-electron chi connectivity index (χ4n) is 4.59. The van der Waals surface area contributed by atoms with Gasteiger partial charge in [0.1, 0.15) is 11.4 Å². The van der Waals surface area contributed by atoms with Crippen LogP contribution in [0.5, 0.6) is 17.2 Å². The first-order valence-electron chi connectivity index (χ1n) is 12.8. The highest BCUT2D eigenvalue weighted by Crippen LogP contribution is 2.30. The predicted octanol–water partition coefficient (Wildman–Crippen LogP) is 3.57. The van der Waals surface area contributed by atoms with Gasteiger partial charge in [0.05, 0.1) is 26.9 Å². The molecular formula is C30H35N3O6. The first kappa shape index (κ1) is 28.0. The lowest BCUT2D eigenvalue weighted by molar-refractivity contribution is 0.0946. The average molecular weight is 534 g/mol. The fourth-order valence-corrected chi connectivity index (χ4v) is 4.59. The van der Waals surface area contributed by atoms with Crippen LogP contribution in [0.1, 0.15) is 45.8 Å². The number of aromatic nitrogens is 1. The van der Waals surface area contributed by atoms with Gasteiger partial charge in [0.25, 0.3) is 5.91 Å². The molecule has 0 aliphatic heterocycles. The molecule has 4 aromatic rings. The second-order valence-electron chi connectivity index (χ2n) is 9.52. The Morgan fingerprint density at radius 3 is 2.59 bits per heavy atom. The van der Waals surface area contributed by atoms with E-state index < -0.39 is 6.10 Å². The molecule has 6 N–H and O–H groups in total. The van der Waals surface area contributed by atoms with Gasteiger partial charge in [-0.1, -0.05) is 24.3 Å². The number of para-hydroxylation sites is 1. The van der Waals surface area contributed by atoms with Gasteiger partial charge in [-0.3, -0.25) is 4.79 Å². The Hall–Kier alpha value is -4.05. The number of ether oxygens (including phenoxy) is 2. The van der Waals surface area contributed by atoms with Crippen molar-refractivity contribution in [2.45, 2.75) is 38.6 Å². The molecule has 1 heterocycles. The Kier molecular flexibility index (Phi) is 9.08. The van der Waals surface area contributed by atoms with Crippen molar-refractivity contribution >= 4 is 16.8 Å². The van der Waals surface area contributed by atoms with Gasteiger partial charge in [-0.2, -0.15) is 0 Å². The van der Waals surface area contributed by atoms with Crippen LogP contribution in [0.3, 0.4) is 0 Å². The second kappa shape index (κ2) is 12.7. The molecule has 39 heavy (non-hydrogen) atoms. The van der Waals surface area contributed by atoms with Crippen molar-refractivity contribution in [1.29, 1.82) is 0 Å². The molecule has 0 saturated heterocycles. The Bertz CT molecular complexity index is 1430. The number of phenols is 1. The number of H-pyrrole nitrogens is 1. The summed E-state index contributed by atoms with van der Waals surface area (Å²) in [6, 6.07) is 18.2. The van der Waals surface area contributed by atoms with E-state index >= 15 is 0 Å². The van der Waals surface area contributed by atoms with Gasteiger partial charge < -0.3 is 40.4 Å². The normalized spacial score (nSPS) is 12.7. The van der Waals surface area contributed by atoms with Crippen LogP contribution < -0.4 is 20.1 Å². The first-order chi connectivity index (χ1) is 18.8. The molecule has 0 bridgehead atoms. The Balaban J connectivity index is 1.35. The maximum atomic E-state index is 12.9. The highest BCUT2D eigenvalue weighted by Gasteiger charge is 2.15. The maximum Gasteiger partial charge on any atom is 0.267 e. The summed E-state index contributed by atoms with van der Waals surface area (Å²) in [5.41, 5.74) is 4.25. The molecule has 0 fully saturated rings. The third-order valence-electron chi connectivity index (χ3n) is 6.71. The summed E-state index contributed by atoms with van der Waals surface area (Å²) >= 11 is 0. The fraction of sp³-hybridized carbons (Fsp3) is 0.300. The average Bonchev–Trinajstić information content (AvgIpc) is 3.38. The van der Waals surface area contributed by atoms with E-state index in [4.69, 9.17) is 9.47 Å². The number of aliphatic hydroxyl groups excluding tert-OH is 2. The molecule has 1 aromatic heterocycles. The van der Waals surface area contributed by atoms with Crippen molar-refractivity contribution in [2.24, 2.45) is 0 Å². The Labute approximate surface area is 227 Å². The number of carbonyl (C=O) groups is 1. The Morgan fingerprint density at radius 1 is 1.03 bits per heavy atom. The van der Waals surface area contributed by atoms with Gasteiger partial charge in [-0.25, -0.2) is 0 Å². The number of nitrogens with one attached hydrogen (secondary N) is 3. The van der Waals surface area contributed by atoms with Crippen molar-refractivity contribution in [3.05, 3.63) is 88.6 Å². The minimum absolute atomic E-state index is 0.00709. The monoisotopic (exact) mass is 533 g/mol. The van der Waals surface area contributed by atoms with E-state index in [0.717, 1.165) is 28.5 Å². The molecule has 9 heteroatoms. The van der Waals surface area contributed by atoms with Crippen LogP contribution in [-0.4, -0.2) is 53.0 Å². The number of aromatic amines is 1. The summed E-state index contributed by atoms with van der Waals surface area (Å²) in [7, 11) is 3.14. The van der Waals surface area contributed by atoms with E-state index in [1.54, 1.807) is 32.4 Å². The van der Waals surface area contributed by atoms with Crippen molar-refractivity contribution in [2.75, 3.05) is 20.8 Å². The van der Waals surface area contributed by atoms with E-state index in [1.165, 1.54) is 6.07 Å². The zero-order chi connectivity index (χ0) is 27.9. The zero-order valence-corrected chi connectivity index (χ0v) is 22.3. The molecule has 0 aliphatic rings. The summed E-state index contributed by atoms with van der Waals surface area (Å²) in [5.74, 6) is 0.986. The van der Waals surface area contributed by atoms with E-state index in [9.17, 15) is 20.1 Å². The third-order valence-corrected chi connectivity index (χ3v) is 6.71. The van der Waals surface area contributed by atoms with Gasteiger partial charge in [0, 0.05) is 41.2 Å². The topological polar surface area (TPSA) is 136 Å². The van der Waals surface area contributed by atoms with Gasteiger partial charge in [-0.15, -0.1) is 0 Å². The number of hydrogen-bond donors (Lipinski definition) is 6. The number of amides is 1. The lowest BCUT2D eigenvalue weighted by Gasteiger charge is -2.18. The van der Waals surface area contributed by atoms with Crippen LogP contribution in [0.4, 0.5) is 0 Å². The van der Waals surface area contributed by atoms with Crippen LogP contribution in [0.2, 0.25) is 0 Å². The third kappa shape index (κ3) is 6.69. The minimum Gasteiger partial charge on any atom is -0.508 e. The largest absolute Gasteiger partial charge is 0.508 e. The molecule has 3 aromatic carbocycles. The van der Waals surface area contributed by atoms with E-state index in [0.29, 0.717) is 41.4 Å². The van der Waals surface area contributed by atoms with E-state index in [-0.39, 0.29) is 24.3 Å². The summed E-state index contributed by atoms with van der Waals surface area (Å²) in [6.45, 7) is 2.36. The van der Waals surface area contributed by atoms with Crippen molar-refractivity contribution < 1.29 is 29.6 Å². The van der Waals surface area contributed by atoms with Gasteiger partial charge in [0.2, 0.25) is 0 Å². The van der Waals surface area contributed by atoms with Crippen molar-refractivity contribution in [3.8, 4) is 17.2 Å². The summed E-state index contributed by atoms with van der Waals surface area (Å²) in [5, 5.41) is 36.8. The minimum atomic E-state index is -0.775. The molecule has 206 valence electrons. The lowest BCUT2D eigenvalue weighted by Crippen LogP contribution is -2.32. The number of carbonyl (C=O) groups excluding carboxylic acids is 1. The van der Waals surface area contributed by atoms with Gasteiger partial charge in [0.15, 0.2) is 11.5 Å². The molecule has 0 radical (unpaired) electrons.